The van der Waals surface area contributed by atoms with Crippen LogP contribution in [-0.2, 0) is 0 Å². The summed E-state index contributed by atoms with van der Waals surface area (Å²) in [5, 5.41) is 10.7. The molecule has 0 aliphatic rings. The smallest absolute Gasteiger partial charge is 0.160 e. The summed E-state index contributed by atoms with van der Waals surface area (Å²) < 4.78 is 2.43. The van der Waals surface area contributed by atoms with E-state index in [2.05, 4.69) is 193 Å². The molecule has 0 atom stereocenters. The minimum atomic E-state index is 0.700. The molecule has 0 saturated carbocycles. The van der Waals surface area contributed by atoms with E-state index in [0.717, 1.165) is 44.4 Å². The summed E-state index contributed by atoms with van der Waals surface area (Å²) in [5.74, 6) is 0.700. The zero-order valence-electron chi connectivity index (χ0n) is 28.7. The molecule has 246 valence electrons. The molecule has 2 heterocycles. The third kappa shape index (κ3) is 4.82. The van der Waals surface area contributed by atoms with Gasteiger partial charge in [0.2, 0.25) is 0 Å². The number of benzene rings is 9. The van der Waals surface area contributed by atoms with E-state index >= 15 is 0 Å². The number of aromatic nitrogens is 3. The molecule has 2 aromatic heterocycles. The maximum absolute atomic E-state index is 5.46. The molecule has 0 amide bonds. The molecule has 0 saturated heterocycles. The van der Waals surface area contributed by atoms with E-state index in [-0.39, 0.29) is 0 Å². The van der Waals surface area contributed by atoms with Gasteiger partial charge in [0.25, 0.3) is 0 Å². The Bertz CT molecular complexity index is 3230. The van der Waals surface area contributed by atoms with Crippen molar-refractivity contribution in [1.29, 1.82) is 0 Å². The van der Waals surface area contributed by atoms with Gasteiger partial charge in [-0.1, -0.05) is 140 Å². The fourth-order valence-electron chi connectivity index (χ4n) is 8.14. The van der Waals surface area contributed by atoms with Gasteiger partial charge in [0.05, 0.1) is 27.9 Å². The Morgan fingerprint density at radius 3 is 1.79 bits per heavy atom. The van der Waals surface area contributed by atoms with Crippen molar-refractivity contribution in [2.24, 2.45) is 0 Å². The molecule has 53 heavy (non-hydrogen) atoms. The molecule has 3 heteroatoms. The highest BCUT2D eigenvalue weighted by molar-refractivity contribution is 6.14. The number of hydrogen-bond donors (Lipinski definition) is 0. The molecule has 3 nitrogen and oxygen atoms in total. The highest BCUT2D eigenvalue weighted by Gasteiger charge is 2.19. The lowest BCUT2D eigenvalue weighted by Crippen LogP contribution is -1.99. The molecule has 11 aromatic rings. The van der Waals surface area contributed by atoms with Gasteiger partial charge in [0.1, 0.15) is 0 Å². The number of fused-ring (bicyclic) bond motifs is 7. The maximum atomic E-state index is 5.46. The molecule has 0 bridgehead atoms. The molecule has 0 spiro atoms. The monoisotopic (exact) mass is 673 g/mol. The van der Waals surface area contributed by atoms with Gasteiger partial charge in [-0.3, -0.25) is 0 Å². The second kappa shape index (κ2) is 11.7. The van der Waals surface area contributed by atoms with Crippen LogP contribution in [-0.4, -0.2) is 14.5 Å². The fraction of sp³-hybridized carbons (Fsp3) is 0. The van der Waals surface area contributed by atoms with Gasteiger partial charge < -0.3 is 4.57 Å². The van der Waals surface area contributed by atoms with Crippen LogP contribution in [0, 0.1) is 0 Å². The minimum absolute atomic E-state index is 0.700. The van der Waals surface area contributed by atoms with Crippen molar-refractivity contribution in [2.45, 2.75) is 0 Å². The van der Waals surface area contributed by atoms with Crippen molar-refractivity contribution in [3.8, 4) is 39.5 Å². The first-order valence-corrected chi connectivity index (χ1v) is 18.1. The van der Waals surface area contributed by atoms with Crippen molar-refractivity contribution < 1.29 is 0 Å². The molecule has 0 fully saturated rings. The largest absolute Gasteiger partial charge is 0.309 e. The van der Waals surface area contributed by atoms with Gasteiger partial charge in [-0.05, 0) is 86.6 Å². The first-order valence-electron chi connectivity index (χ1n) is 18.1. The van der Waals surface area contributed by atoms with Crippen molar-refractivity contribution in [2.75, 3.05) is 0 Å². The predicted molar refractivity (Wildman–Crippen MR) is 223 cm³/mol. The Kier molecular flexibility index (Phi) is 6.55. The first kappa shape index (κ1) is 29.6. The highest BCUT2D eigenvalue weighted by Crippen LogP contribution is 2.40. The summed E-state index contributed by atoms with van der Waals surface area (Å²) >= 11 is 0. The van der Waals surface area contributed by atoms with Crippen LogP contribution in [0.3, 0.4) is 0 Å². The topological polar surface area (TPSA) is 30.7 Å². The summed E-state index contributed by atoms with van der Waals surface area (Å²) in [6.45, 7) is 0. The standard InChI is InChI=1S/C50H31N3/c1-2-12-32(13-3-1)37-24-25-45-44(29-37)49(39-23-22-33-14-4-5-15-34(33)26-39)52-50(51-45)40-27-38-18-8-9-19-41(38)47(31-40)53-46-21-11-10-20-42(46)43-28-35-16-6-7-17-36(35)30-48(43)53/h1-31H. The van der Waals surface area contributed by atoms with E-state index in [1.54, 1.807) is 0 Å². The minimum Gasteiger partial charge on any atom is -0.309 e. The maximum Gasteiger partial charge on any atom is 0.160 e. The lowest BCUT2D eigenvalue weighted by Gasteiger charge is -2.16. The van der Waals surface area contributed by atoms with Gasteiger partial charge in [-0.25, -0.2) is 9.97 Å². The molecular formula is C50H31N3. The van der Waals surface area contributed by atoms with Crippen molar-refractivity contribution >= 4 is 65.0 Å². The van der Waals surface area contributed by atoms with Gasteiger partial charge in [0.15, 0.2) is 5.82 Å². The van der Waals surface area contributed by atoms with E-state index in [4.69, 9.17) is 9.97 Å². The van der Waals surface area contributed by atoms with Crippen LogP contribution in [0.5, 0.6) is 0 Å². The van der Waals surface area contributed by atoms with Gasteiger partial charge in [-0.2, -0.15) is 0 Å². The third-order valence-electron chi connectivity index (χ3n) is 10.7. The van der Waals surface area contributed by atoms with Gasteiger partial charge in [-0.15, -0.1) is 0 Å². The number of para-hydroxylation sites is 1. The van der Waals surface area contributed by atoms with Gasteiger partial charge >= 0.3 is 0 Å². The second-order valence-corrected chi connectivity index (χ2v) is 13.8. The Balaban J connectivity index is 1.19. The summed E-state index contributed by atoms with van der Waals surface area (Å²) in [6.07, 6.45) is 0. The second-order valence-electron chi connectivity index (χ2n) is 13.8. The lowest BCUT2D eigenvalue weighted by atomic mass is 9.98. The molecular weight excluding hydrogens is 643 g/mol. The van der Waals surface area contributed by atoms with Crippen molar-refractivity contribution in [3.63, 3.8) is 0 Å². The number of nitrogens with zero attached hydrogens (tertiary/aromatic N) is 3. The third-order valence-corrected chi connectivity index (χ3v) is 10.7. The Morgan fingerprint density at radius 1 is 0.321 bits per heavy atom. The first-order chi connectivity index (χ1) is 26.2. The molecule has 0 aliphatic heterocycles. The van der Waals surface area contributed by atoms with E-state index in [1.165, 1.54) is 54.3 Å². The Labute approximate surface area is 306 Å². The van der Waals surface area contributed by atoms with Crippen LogP contribution < -0.4 is 0 Å². The van der Waals surface area contributed by atoms with Crippen molar-refractivity contribution in [1.82, 2.24) is 14.5 Å². The lowest BCUT2D eigenvalue weighted by molar-refractivity contribution is 1.19. The molecule has 0 unspecified atom stereocenters. The molecule has 9 aromatic carbocycles. The SMILES string of the molecule is c1ccc(-c2ccc3nc(-c4cc(-n5c6ccccc6c6cc7ccccc7cc65)c5ccccc5c4)nc(-c4ccc5ccccc5c4)c3c2)cc1. The summed E-state index contributed by atoms with van der Waals surface area (Å²) in [7, 11) is 0. The van der Waals surface area contributed by atoms with Crippen LogP contribution in [0.4, 0.5) is 0 Å². The van der Waals surface area contributed by atoms with E-state index < -0.39 is 0 Å². The quantitative estimate of drug-likeness (QED) is 0.186. The fourth-order valence-corrected chi connectivity index (χ4v) is 8.14. The Hall–Kier alpha value is -7.10. The summed E-state index contributed by atoms with van der Waals surface area (Å²) in [6, 6.07) is 67.5. The molecule has 0 N–H and O–H groups in total. The number of rotatable bonds is 4. The van der Waals surface area contributed by atoms with E-state index in [0.29, 0.717) is 5.82 Å². The van der Waals surface area contributed by atoms with Crippen LogP contribution in [0.1, 0.15) is 0 Å². The van der Waals surface area contributed by atoms with E-state index in [1.807, 2.05) is 0 Å². The van der Waals surface area contributed by atoms with Crippen LogP contribution in [0.15, 0.2) is 188 Å². The zero-order chi connectivity index (χ0) is 34.9. The molecule has 11 rings (SSSR count). The zero-order valence-corrected chi connectivity index (χ0v) is 28.7. The van der Waals surface area contributed by atoms with Crippen LogP contribution in [0.25, 0.3) is 104 Å². The summed E-state index contributed by atoms with van der Waals surface area (Å²) in [5.41, 5.74) is 9.64. The highest BCUT2D eigenvalue weighted by atomic mass is 15.0. The molecule has 0 aliphatic carbocycles. The van der Waals surface area contributed by atoms with Crippen LogP contribution in [0.2, 0.25) is 0 Å². The predicted octanol–water partition coefficient (Wildman–Crippen LogP) is 13.2. The summed E-state index contributed by atoms with van der Waals surface area (Å²) in [4.78, 5) is 10.8. The average Bonchev–Trinajstić information content (AvgIpc) is 3.54. The van der Waals surface area contributed by atoms with Crippen molar-refractivity contribution in [3.05, 3.63) is 188 Å². The normalized spacial score (nSPS) is 11.8. The average molecular weight is 674 g/mol. The van der Waals surface area contributed by atoms with E-state index in [9.17, 15) is 0 Å². The van der Waals surface area contributed by atoms with Gasteiger partial charge in [0, 0.05) is 32.7 Å². The Morgan fingerprint density at radius 2 is 0.962 bits per heavy atom. The van der Waals surface area contributed by atoms with Crippen LogP contribution >= 0.6 is 0 Å². The molecule has 0 radical (unpaired) electrons. The number of hydrogen-bond acceptors (Lipinski definition) is 2.